The van der Waals surface area contributed by atoms with E-state index in [0.717, 1.165) is 55.6 Å². The number of rotatable bonds is 6. The zero-order valence-corrected chi connectivity index (χ0v) is 26.4. The Morgan fingerprint density at radius 3 is 1.59 bits per heavy atom. The third-order valence-electron chi connectivity index (χ3n) is 8.73. The molecule has 0 saturated carbocycles. The van der Waals surface area contributed by atoms with Gasteiger partial charge in [-0.1, -0.05) is 127 Å². The second-order valence-corrected chi connectivity index (χ2v) is 11.9. The molecule has 0 unspecified atom stereocenters. The van der Waals surface area contributed by atoms with Crippen molar-refractivity contribution in [1.29, 1.82) is 0 Å². The summed E-state index contributed by atoms with van der Waals surface area (Å²) in [7, 11) is 0. The van der Waals surface area contributed by atoms with E-state index >= 15 is 0 Å². The second kappa shape index (κ2) is 12.1. The molecule has 49 heavy (non-hydrogen) atoms. The van der Waals surface area contributed by atoms with Crippen LogP contribution in [0.25, 0.3) is 89.7 Å². The molecule has 0 radical (unpaired) electrons. The predicted molar refractivity (Wildman–Crippen MR) is 198 cm³/mol. The number of hydrogen-bond acceptors (Lipinski definition) is 5. The highest BCUT2D eigenvalue weighted by molar-refractivity contribution is 5.98. The van der Waals surface area contributed by atoms with E-state index in [2.05, 4.69) is 72.8 Å². The number of nitrogens with zero attached hydrogens (tertiary/aromatic N) is 4. The van der Waals surface area contributed by atoms with Crippen LogP contribution in [0.1, 0.15) is 0 Å². The third-order valence-corrected chi connectivity index (χ3v) is 8.73. The van der Waals surface area contributed by atoms with Gasteiger partial charge in [-0.15, -0.1) is 0 Å². The molecule has 0 aliphatic carbocycles. The third kappa shape index (κ3) is 5.53. The molecule has 9 rings (SSSR count). The van der Waals surface area contributed by atoms with E-state index in [-0.39, 0.29) is 0 Å². The highest BCUT2D eigenvalue weighted by atomic mass is 16.3. The lowest BCUT2D eigenvalue weighted by molar-refractivity contribution is 0.620. The molecule has 5 nitrogen and oxygen atoms in total. The topological polar surface area (TPSA) is 64.7 Å². The quantitative estimate of drug-likeness (QED) is 0.183. The molecule has 7 aromatic carbocycles. The monoisotopic (exact) mass is 628 g/mol. The van der Waals surface area contributed by atoms with E-state index in [1.165, 1.54) is 10.8 Å². The van der Waals surface area contributed by atoms with E-state index in [1.54, 1.807) is 0 Å². The first kappa shape index (κ1) is 28.5. The Balaban J connectivity index is 1.26. The van der Waals surface area contributed by atoms with Gasteiger partial charge < -0.3 is 4.42 Å². The average molecular weight is 629 g/mol. The Kier molecular flexibility index (Phi) is 7.06. The molecule has 0 aliphatic heterocycles. The van der Waals surface area contributed by atoms with Gasteiger partial charge in [-0.3, -0.25) is 0 Å². The standard InChI is InChI=1S/C44H28N4O/c1-4-14-30(15-5-1)41-46-42(31-16-6-2-7-17-31)48-43(47-41)36-26-34(25-35(27-36)38-22-12-20-29-13-10-11-21-37(29)38)33-23-24-40-39(28-33)45-44(49-40)32-18-8-3-9-19-32/h1-28H. The van der Waals surface area contributed by atoms with Gasteiger partial charge in [0.05, 0.1) is 0 Å². The lowest BCUT2D eigenvalue weighted by Gasteiger charge is -2.13. The number of aromatic nitrogens is 4. The minimum Gasteiger partial charge on any atom is -0.436 e. The van der Waals surface area contributed by atoms with Crippen molar-refractivity contribution in [2.45, 2.75) is 0 Å². The normalized spacial score (nSPS) is 11.3. The number of oxazole rings is 1. The van der Waals surface area contributed by atoms with Crippen molar-refractivity contribution in [3.05, 3.63) is 170 Å². The SMILES string of the molecule is c1ccc(-c2nc(-c3ccccc3)nc(-c3cc(-c4ccc5oc(-c6ccccc6)nc5c4)cc(-c4cccc5ccccc45)c3)n2)cc1. The lowest BCUT2D eigenvalue weighted by Crippen LogP contribution is -2.00. The molecule has 0 amide bonds. The van der Waals surface area contributed by atoms with Gasteiger partial charge in [-0.2, -0.15) is 0 Å². The van der Waals surface area contributed by atoms with Crippen LogP contribution in [0.3, 0.4) is 0 Å². The number of hydrogen-bond donors (Lipinski definition) is 0. The second-order valence-electron chi connectivity index (χ2n) is 11.9. The molecule has 0 atom stereocenters. The molecule has 230 valence electrons. The molecular weight excluding hydrogens is 601 g/mol. The molecule has 0 spiro atoms. The summed E-state index contributed by atoms with van der Waals surface area (Å²) in [5.74, 6) is 2.45. The first-order valence-electron chi connectivity index (χ1n) is 16.2. The first-order chi connectivity index (χ1) is 24.2. The molecule has 2 heterocycles. The van der Waals surface area contributed by atoms with Gasteiger partial charge in [0.2, 0.25) is 5.89 Å². The van der Waals surface area contributed by atoms with Crippen LogP contribution in [0.2, 0.25) is 0 Å². The van der Waals surface area contributed by atoms with Crippen molar-refractivity contribution in [3.63, 3.8) is 0 Å². The molecule has 0 aliphatic rings. The van der Waals surface area contributed by atoms with E-state index in [0.29, 0.717) is 23.4 Å². The summed E-state index contributed by atoms with van der Waals surface area (Å²) in [5.41, 5.74) is 9.48. The smallest absolute Gasteiger partial charge is 0.227 e. The molecule has 0 fully saturated rings. The Morgan fingerprint density at radius 1 is 0.347 bits per heavy atom. The molecule has 5 heteroatoms. The summed E-state index contributed by atoms with van der Waals surface area (Å²) >= 11 is 0. The fourth-order valence-corrected chi connectivity index (χ4v) is 6.30. The van der Waals surface area contributed by atoms with E-state index in [1.807, 2.05) is 97.1 Å². The van der Waals surface area contributed by atoms with Gasteiger partial charge in [0.25, 0.3) is 0 Å². The fraction of sp³-hybridized carbons (Fsp3) is 0. The number of fused-ring (bicyclic) bond motifs is 2. The zero-order chi connectivity index (χ0) is 32.6. The van der Waals surface area contributed by atoms with Crippen molar-refractivity contribution in [1.82, 2.24) is 19.9 Å². The van der Waals surface area contributed by atoms with Crippen LogP contribution in [0, 0.1) is 0 Å². The summed E-state index contributed by atoms with van der Waals surface area (Å²) in [6.07, 6.45) is 0. The van der Waals surface area contributed by atoms with Crippen molar-refractivity contribution >= 4 is 21.9 Å². The maximum atomic E-state index is 6.15. The highest BCUT2D eigenvalue weighted by Crippen LogP contribution is 2.37. The Bertz CT molecular complexity index is 2530. The minimum absolute atomic E-state index is 0.602. The highest BCUT2D eigenvalue weighted by Gasteiger charge is 2.16. The molecular formula is C44H28N4O. The maximum absolute atomic E-state index is 6.15. The average Bonchev–Trinajstić information content (AvgIpc) is 3.62. The van der Waals surface area contributed by atoms with Crippen molar-refractivity contribution in [3.8, 4) is 67.9 Å². The summed E-state index contributed by atoms with van der Waals surface area (Å²) in [6.45, 7) is 0. The van der Waals surface area contributed by atoms with Crippen LogP contribution >= 0.6 is 0 Å². The van der Waals surface area contributed by atoms with Gasteiger partial charge >= 0.3 is 0 Å². The Morgan fingerprint density at radius 2 is 0.898 bits per heavy atom. The summed E-state index contributed by atoms with van der Waals surface area (Å²) in [4.78, 5) is 19.9. The first-order valence-corrected chi connectivity index (χ1v) is 16.2. The van der Waals surface area contributed by atoms with Crippen molar-refractivity contribution in [2.24, 2.45) is 0 Å². The zero-order valence-electron chi connectivity index (χ0n) is 26.4. The molecule has 0 bridgehead atoms. The van der Waals surface area contributed by atoms with Crippen molar-refractivity contribution in [2.75, 3.05) is 0 Å². The van der Waals surface area contributed by atoms with Crippen molar-refractivity contribution < 1.29 is 4.42 Å². The van der Waals surface area contributed by atoms with E-state index < -0.39 is 0 Å². The lowest BCUT2D eigenvalue weighted by atomic mass is 9.93. The summed E-state index contributed by atoms with van der Waals surface area (Å²) < 4.78 is 6.15. The van der Waals surface area contributed by atoms with Gasteiger partial charge in [-0.05, 0) is 75.5 Å². The predicted octanol–water partition coefficient (Wildman–Crippen LogP) is 11.2. The summed E-state index contributed by atoms with van der Waals surface area (Å²) in [6, 6.07) is 57.8. The van der Waals surface area contributed by atoms with Gasteiger partial charge in [0.15, 0.2) is 23.1 Å². The van der Waals surface area contributed by atoms with Crippen LogP contribution in [0.4, 0.5) is 0 Å². The van der Waals surface area contributed by atoms with Gasteiger partial charge in [0, 0.05) is 22.3 Å². The van der Waals surface area contributed by atoms with E-state index in [4.69, 9.17) is 24.4 Å². The van der Waals surface area contributed by atoms with Crippen LogP contribution in [0.15, 0.2) is 174 Å². The Labute approximate surface area is 283 Å². The fourth-order valence-electron chi connectivity index (χ4n) is 6.30. The molecule has 0 N–H and O–H groups in total. The van der Waals surface area contributed by atoms with Gasteiger partial charge in [-0.25, -0.2) is 19.9 Å². The van der Waals surface area contributed by atoms with Gasteiger partial charge in [0.1, 0.15) is 5.52 Å². The molecule has 9 aromatic rings. The Hall–Kier alpha value is -6.72. The van der Waals surface area contributed by atoms with E-state index in [9.17, 15) is 0 Å². The summed E-state index contributed by atoms with van der Waals surface area (Å²) in [5, 5.41) is 2.36. The molecule has 2 aromatic heterocycles. The van der Waals surface area contributed by atoms with Crippen LogP contribution in [-0.4, -0.2) is 19.9 Å². The number of benzene rings is 7. The van der Waals surface area contributed by atoms with Crippen LogP contribution < -0.4 is 0 Å². The van der Waals surface area contributed by atoms with Crippen LogP contribution in [-0.2, 0) is 0 Å². The maximum Gasteiger partial charge on any atom is 0.227 e. The van der Waals surface area contributed by atoms with Crippen LogP contribution in [0.5, 0.6) is 0 Å². The minimum atomic E-state index is 0.602. The largest absolute Gasteiger partial charge is 0.436 e. The molecule has 0 saturated heterocycles.